The van der Waals surface area contributed by atoms with Crippen LogP contribution >= 0.6 is 0 Å². The number of fused-ring (bicyclic) bond motifs is 1. The summed E-state index contributed by atoms with van der Waals surface area (Å²) in [5.41, 5.74) is 0.185. The van der Waals surface area contributed by atoms with Gasteiger partial charge in [-0.25, -0.2) is 22.7 Å². The van der Waals surface area contributed by atoms with Gasteiger partial charge in [0.15, 0.2) is 11.5 Å². The molecular weight excluding hydrogens is 402 g/mol. The highest BCUT2D eigenvalue weighted by Gasteiger charge is 2.22. The molecule has 0 fully saturated rings. The maximum absolute atomic E-state index is 14.8. The van der Waals surface area contributed by atoms with Crippen LogP contribution in [0.1, 0.15) is 33.6 Å². The molecule has 7 nitrogen and oxygen atoms in total. The smallest absolute Gasteiger partial charge is 0.231 e. The number of hydrogen-bond acceptors (Lipinski definition) is 5. The first-order valence-electron chi connectivity index (χ1n) is 8.43. The Balaban J connectivity index is 1.92. The minimum atomic E-state index is -2.17. The predicted molar refractivity (Wildman–Crippen MR) is 101 cm³/mol. The van der Waals surface area contributed by atoms with E-state index in [2.05, 4.69) is 14.7 Å². The van der Waals surface area contributed by atoms with Crippen LogP contribution in [-0.2, 0) is 17.7 Å². The first kappa shape index (κ1) is 20.6. The summed E-state index contributed by atoms with van der Waals surface area (Å²) in [5, 5.41) is 8.92. The average molecular weight is 416 g/mol. The van der Waals surface area contributed by atoms with E-state index in [4.69, 9.17) is 9.81 Å². The van der Waals surface area contributed by atoms with Crippen LogP contribution in [-0.4, -0.2) is 31.1 Å². The van der Waals surface area contributed by atoms with Gasteiger partial charge in [-0.05, 0) is 42.7 Å². The summed E-state index contributed by atoms with van der Waals surface area (Å²) in [7, 11) is 0. The first-order valence-corrected chi connectivity index (χ1v) is 9.54. The Morgan fingerprint density at radius 3 is 2.76 bits per heavy atom. The summed E-state index contributed by atoms with van der Waals surface area (Å²) < 4.78 is 50.6. The standard InChI is InChI=1S/C19H14F2N4O3S/c20-14-5-3-11(2-1-7-24-29(27)28)18(21)17(14)19(26)12-4-6-15-16(8-12)25-13(9-22)10-23-15/h3-6,8,10,24H,1-2,7H2,(H,27,28). The van der Waals surface area contributed by atoms with Gasteiger partial charge in [0, 0.05) is 12.1 Å². The third kappa shape index (κ3) is 4.65. The molecule has 2 aromatic carbocycles. The van der Waals surface area contributed by atoms with E-state index in [0.717, 1.165) is 6.07 Å². The second kappa shape index (κ2) is 8.91. The number of nitrogens with zero attached hydrogens (tertiary/aromatic N) is 3. The fourth-order valence-corrected chi connectivity index (χ4v) is 3.11. The molecule has 0 radical (unpaired) electrons. The number of ketones is 1. The zero-order valence-corrected chi connectivity index (χ0v) is 15.7. The second-order valence-electron chi connectivity index (χ2n) is 6.04. The van der Waals surface area contributed by atoms with Crippen molar-refractivity contribution in [2.75, 3.05) is 6.54 Å². The highest BCUT2D eigenvalue weighted by molar-refractivity contribution is 7.77. The number of carbonyl (C=O) groups excluding carboxylic acids is 1. The second-order valence-corrected chi connectivity index (χ2v) is 6.83. The Bertz CT molecular complexity index is 1160. The normalized spacial score (nSPS) is 11.9. The molecule has 148 valence electrons. The van der Waals surface area contributed by atoms with Crippen molar-refractivity contribution in [3.8, 4) is 6.07 Å². The van der Waals surface area contributed by atoms with Crippen LogP contribution in [0.5, 0.6) is 0 Å². The van der Waals surface area contributed by atoms with Gasteiger partial charge in [0.25, 0.3) is 0 Å². The monoisotopic (exact) mass is 416 g/mol. The lowest BCUT2D eigenvalue weighted by Gasteiger charge is -2.10. The molecule has 29 heavy (non-hydrogen) atoms. The van der Waals surface area contributed by atoms with Gasteiger partial charge in [0.1, 0.15) is 17.7 Å². The van der Waals surface area contributed by atoms with Crippen LogP contribution < -0.4 is 4.72 Å². The molecule has 1 heterocycles. The van der Waals surface area contributed by atoms with Crippen molar-refractivity contribution in [1.29, 1.82) is 5.26 Å². The van der Waals surface area contributed by atoms with Crippen LogP contribution in [0.2, 0.25) is 0 Å². The number of benzene rings is 2. The lowest BCUT2D eigenvalue weighted by molar-refractivity contribution is 0.103. The lowest BCUT2D eigenvalue weighted by atomic mass is 9.97. The van der Waals surface area contributed by atoms with E-state index in [0.29, 0.717) is 11.9 Å². The van der Waals surface area contributed by atoms with E-state index in [1.165, 1.54) is 30.5 Å². The fraction of sp³-hybridized carbons (Fsp3) is 0.158. The van der Waals surface area contributed by atoms with Gasteiger partial charge in [-0.2, -0.15) is 5.26 Å². The van der Waals surface area contributed by atoms with Gasteiger partial charge in [-0.3, -0.25) is 14.3 Å². The van der Waals surface area contributed by atoms with E-state index in [-0.39, 0.29) is 35.3 Å². The molecule has 0 aliphatic rings. The molecule has 10 heteroatoms. The molecule has 1 aromatic heterocycles. The highest BCUT2D eigenvalue weighted by Crippen LogP contribution is 2.23. The predicted octanol–water partition coefficient (Wildman–Crippen LogP) is 2.67. The first-order chi connectivity index (χ1) is 13.9. The molecule has 1 atom stereocenters. The SMILES string of the molecule is N#Cc1cnc2ccc(C(=O)c3c(F)ccc(CCCNS(=O)O)c3F)cc2n1. The van der Waals surface area contributed by atoms with E-state index in [1.54, 1.807) is 0 Å². The maximum Gasteiger partial charge on any atom is 0.231 e. The molecule has 3 aromatic rings. The van der Waals surface area contributed by atoms with Gasteiger partial charge >= 0.3 is 0 Å². The van der Waals surface area contributed by atoms with Crippen molar-refractivity contribution in [1.82, 2.24) is 14.7 Å². The minimum absolute atomic E-state index is 0.00850. The third-order valence-corrected chi connectivity index (χ3v) is 4.62. The molecule has 0 saturated carbocycles. The molecule has 0 aliphatic heterocycles. The van der Waals surface area contributed by atoms with Crippen LogP contribution in [0.15, 0.2) is 36.5 Å². The summed E-state index contributed by atoms with van der Waals surface area (Å²) in [6, 6.07) is 8.29. The Morgan fingerprint density at radius 1 is 1.24 bits per heavy atom. The highest BCUT2D eigenvalue weighted by atomic mass is 32.2. The van der Waals surface area contributed by atoms with E-state index < -0.39 is 34.2 Å². The maximum atomic E-state index is 14.8. The number of carbonyl (C=O) groups is 1. The van der Waals surface area contributed by atoms with Crippen molar-refractivity contribution < 1.29 is 22.3 Å². The Labute approximate surface area is 166 Å². The molecule has 0 amide bonds. The number of aryl methyl sites for hydroxylation is 1. The average Bonchev–Trinajstić information content (AvgIpc) is 2.71. The Kier molecular flexibility index (Phi) is 6.33. The van der Waals surface area contributed by atoms with Crippen LogP contribution in [0.4, 0.5) is 8.78 Å². The van der Waals surface area contributed by atoms with Crippen molar-refractivity contribution in [2.45, 2.75) is 12.8 Å². The molecule has 0 bridgehead atoms. The van der Waals surface area contributed by atoms with Crippen LogP contribution in [0, 0.1) is 23.0 Å². The van der Waals surface area contributed by atoms with Gasteiger partial charge < -0.3 is 0 Å². The summed E-state index contributed by atoms with van der Waals surface area (Å²) in [5.74, 6) is -2.83. The van der Waals surface area contributed by atoms with Crippen molar-refractivity contribution in [3.63, 3.8) is 0 Å². The van der Waals surface area contributed by atoms with Crippen molar-refractivity contribution in [3.05, 3.63) is 70.5 Å². The number of halogens is 2. The molecular formula is C19H14F2N4O3S. The van der Waals surface area contributed by atoms with Crippen molar-refractivity contribution >= 4 is 28.1 Å². The molecule has 2 N–H and O–H groups in total. The van der Waals surface area contributed by atoms with Gasteiger partial charge in [0.05, 0.1) is 22.8 Å². The minimum Gasteiger partial charge on any atom is -0.294 e. The van der Waals surface area contributed by atoms with Crippen LogP contribution in [0.25, 0.3) is 11.0 Å². The Morgan fingerprint density at radius 2 is 2.03 bits per heavy atom. The zero-order chi connectivity index (χ0) is 21.0. The van der Waals surface area contributed by atoms with Crippen LogP contribution in [0.3, 0.4) is 0 Å². The molecule has 3 rings (SSSR count). The Hall–Kier alpha value is -3.13. The number of aromatic nitrogens is 2. The fourth-order valence-electron chi connectivity index (χ4n) is 2.79. The van der Waals surface area contributed by atoms with E-state index in [1.807, 2.05) is 6.07 Å². The summed E-state index contributed by atoms with van der Waals surface area (Å²) in [4.78, 5) is 20.9. The summed E-state index contributed by atoms with van der Waals surface area (Å²) >= 11 is -2.17. The number of hydrogen-bond donors (Lipinski definition) is 2. The molecule has 1 unspecified atom stereocenters. The number of nitrogens with one attached hydrogen (secondary N) is 1. The topological polar surface area (TPSA) is 116 Å². The zero-order valence-electron chi connectivity index (χ0n) is 14.9. The van der Waals surface area contributed by atoms with Gasteiger partial charge in [-0.15, -0.1) is 0 Å². The van der Waals surface area contributed by atoms with E-state index >= 15 is 0 Å². The number of nitriles is 1. The quantitative estimate of drug-likeness (QED) is 0.348. The molecule has 0 aliphatic carbocycles. The molecule has 0 spiro atoms. The summed E-state index contributed by atoms with van der Waals surface area (Å²) in [6.45, 7) is 0.147. The largest absolute Gasteiger partial charge is 0.294 e. The van der Waals surface area contributed by atoms with Gasteiger partial charge in [-0.1, -0.05) is 6.07 Å². The third-order valence-electron chi connectivity index (χ3n) is 4.17. The van der Waals surface area contributed by atoms with Crippen molar-refractivity contribution in [2.24, 2.45) is 0 Å². The van der Waals surface area contributed by atoms with Gasteiger partial charge in [0.2, 0.25) is 11.3 Å². The summed E-state index contributed by atoms with van der Waals surface area (Å²) in [6.07, 6.45) is 1.74. The lowest BCUT2D eigenvalue weighted by Crippen LogP contribution is -2.18. The van der Waals surface area contributed by atoms with E-state index in [9.17, 15) is 17.8 Å². The molecule has 0 saturated heterocycles. The number of rotatable bonds is 7.